The molecule has 110 valence electrons. The van der Waals surface area contributed by atoms with Crippen molar-refractivity contribution in [3.63, 3.8) is 0 Å². The largest absolute Gasteiger partial charge is 0.497 e. The highest BCUT2D eigenvalue weighted by molar-refractivity contribution is 5.95. The van der Waals surface area contributed by atoms with Gasteiger partial charge in [0, 0.05) is 32.1 Å². The zero-order valence-corrected chi connectivity index (χ0v) is 11.4. The number of methoxy groups -OCH3 is 1. The van der Waals surface area contributed by atoms with Gasteiger partial charge in [-0.25, -0.2) is 0 Å². The Bertz CT molecular complexity index is 482. The number of ether oxygens (including phenoxy) is 3. The van der Waals surface area contributed by atoms with Gasteiger partial charge in [0.1, 0.15) is 23.7 Å². The first-order valence-corrected chi connectivity index (χ1v) is 6.45. The van der Waals surface area contributed by atoms with Crippen molar-refractivity contribution in [2.45, 2.75) is 18.4 Å². The van der Waals surface area contributed by atoms with Crippen LogP contribution in [-0.2, 0) is 4.74 Å². The number of primary amides is 1. The number of benzene rings is 1. The van der Waals surface area contributed by atoms with Gasteiger partial charge in [-0.15, -0.1) is 0 Å². The molecule has 6 heteroatoms. The Kier molecular flexibility index (Phi) is 4.46. The Morgan fingerprint density at radius 3 is 2.75 bits per heavy atom. The molecule has 1 heterocycles. The SMILES string of the molecule is COc1ccc(C(N)=O)c(OCC2(O)CCOCC2)c1. The molecule has 0 bridgehead atoms. The smallest absolute Gasteiger partial charge is 0.252 e. The number of carbonyl (C=O) groups is 1. The van der Waals surface area contributed by atoms with Crippen LogP contribution in [0.4, 0.5) is 0 Å². The van der Waals surface area contributed by atoms with Gasteiger partial charge in [0.15, 0.2) is 0 Å². The quantitative estimate of drug-likeness (QED) is 0.829. The van der Waals surface area contributed by atoms with Gasteiger partial charge in [-0.1, -0.05) is 0 Å². The molecule has 1 amide bonds. The van der Waals surface area contributed by atoms with E-state index in [1.165, 1.54) is 7.11 Å². The Hall–Kier alpha value is -1.79. The summed E-state index contributed by atoms with van der Waals surface area (Å²) in [5.74, 6) is 0.294. The summed E-state index contributed by atoms with van der Waals surface area (Å²) < 4.78 is 15.9. The summed E-state index contributed by atoms with van der Waals surface area (Å²) in [6.45, 7) is 1.09. The van der Waals surface area contributed by atoms with Gasteiger partial charge >= 0.3 is 0 Å². The van der Waals surface area contributed by atoms with Crippen molar-refractivity contribution in [3.05, 3.63) is 23.8 Å². The van der Waals surface area contributed by atoms with Gasteiger partial charge in [-0.3, -0.25) is 4.79 Å². The van der Waals surface area contributed by atoms with Crippen LogP contribution in [0.15, 0.2) is 18.2 Å². The average Bonchev–Trinajstić information content (AvgIpc) is 2.45. The van der Waals surface area contributed by atoms with Gasteiger partial charge in [-0.05, 0) is 12.1 Å². The molecule has 6 nitrogen and oxygen atoms in total. The summed E-state index contributed by atoms with van der Waals surface area (Å²) >= 11 is 0. The summed E-state index contributed by atoms with van der Waals surface area (Å²) in [6.07, 6.45) is 1.01. The third kappa shape index (κ3) is 3.40. The highest BCUT2D eigenvalue weighted by Gasteiger charge is 2.31. The maximum atomic E-state index is 11.4. The van der Waals surface area contributed by atoms with E-state index >= 15 is 0 Å². The lowest BCUT2D eigenvalue weighted by Crippen LogP contribution is -2.41. The predicted molar refractivity (Wildman–Crippen MR) is 72.0 cm³/mol. The van der Waals surface area contributed by atoms with Crippen LogP contribution >= 0.6 is 0 Å². The molecule has 1 aromatic rings. The second-order valence-electron chi connectivity index (χ2n) is 4.85. The van der Waals surface area contributed by atoms with Crippen molar-refractivity contribution in [3.8, 4) is 11.5 Å². The molecule has 0 radical (unpaired) electrons. The molecule has 0 aromatic heterocycles. The number of hydrogen-bond acceptors (Lipinski definition) is 5. The Morgan fingerprint density at radius 1 is 1.45 bits per heavy atom. The Labute approximate surface area is 117 Å². The third-order valence-electron chi connectivity index (χ3n) is 3.37. The molecular formula is C14H19NO5. The third-order valence-corrected chi connectivity index (χ3v) is 3.37. The molecule has 3 N–H and O–H groups in total. The predicted octanol–water partition coefficient (Wildman–Crippen LogP) is 0.714. The minimum absolute atomic E-state index is 0.0871. The van der Waals surface area contributed by atoms with Crippen LogP contribution in [0, 0.1) is 0 Å². The molecular weight excluding hydrogens is 262 g/mol. The summed E-state index contributed by atoms with van der Waals surface area (Å²) in [7, 11) is 1.52. The number of hydrogen-bond donors (Lipinski definition) is 2. The zero-order chi connectivity index (χ0) is 14.6. The molecule has 0 aliphatic carbocycles. The van der Waals surface area contributed by atoms with Crippen LogP contribution in [0.25, 0.3) is 0 Å². The Balaban J connectivity index is 2.12. The Morgan fingerprint density at radius 2 is 2.15 bits per heavy atom. The molecule has 1 aliphatic heterocycles. The second-order valence-corrected chi connectivity index (χ2v) is 4.85. The van der Waals surface area contributed by atoms with Crippen molar-refractivity contribution in [2.75, 3.05) is 26.9 Å². The fraction of sp³-hybridized carbons (Fsp3) is 0.500. The van der Waals surface area contributed by atoms with Crippen molar-refractivity contribution in [2.24, 2.45) is 5.73 Å². The molecule has 1 fully saturated rings. The van der Waals surface area contributed by atoms with Crippen LogP contribution in [0.1, 0.15) is 23.2 Å². The van der Waals surface area contributed by atoms with Crippen molar-refractivity contribution in [1.29, 1.82) is 0 Å². The van der Waals surface area contributed by atoms with E-state index in [-0.39, 0.29) is 12.2 Å². The van der Waals surface area contributed by atoms with Crippen molar-refractivity contribution in [1.82, 2.24) is 0 Å². The maximum absolute atomic E-state index is 11.4. The molecule has 1 aliphatic rings. The van der Waals surface area contributed by atoms with Gasteiger partial charge in [0.2, 0.25) is 0 Å². The zero-order valence-electron chi connectivity index (χ0n) is 11.4. The highest BCUT2D eigenvalue weighted by Crippen LogP contribution is 2.27. The summed E-state index contributed by atoms with van der Waals surface area (Å²) in [4.78, 5) is 11.4. The van der Waals surface area contributed by atoms with E-state index in [0.29, 0.717) is 37.6 Å². The minimum Gasteiger partial charge on any atom is -0.497 e. The monoisotopic (exact) mass is 281 g/mol. The number of amides is 1. The van der Waals surface area contributed by atoms with Gasteiger partial charge in [-0.2, -0.15) is 0 Å². The highest BCUT2D eigenvalue weighted by atomic mass is 16.5. The van der Waals surface area contributed by atoms with Gasteiger partial charge in [0.25, 0.3) is 5.91 Å². The molecule has 0 spiro atoms. The van der Waals surface area contributed by atoms with E-state index in [9.17, 15) is 9.90 Å². The van der Waals surface area contributed by atoms with E-state index in [1.807, 2.05) is 0 Å². The fourth-order valence-corrected chi connectivity index (χ4v) is 2.06. The lowest BCUT2D eigenvalue weighted by Gasteiger charge is -2.31. The fourth-order valence-electron chi connectivity index (χ4n) is 2.06. The van der Waals surface area contributed by atoms with E-state index in [1.54, 1.807) is 18.2 Å². The van der Waals surface area contributed by atoms with Gasteiger partial charge in [0.05, 0.1) is 12.7 Å². The maximum Gasteiger partial charge on any atom is 0.252 e. The lowest BCUT2D eigenvalue weighted by molar-refractivity contribution is -0.0856. The molecule has 1 saturated heterocycles. The van der Waals surface area contributed by atoms with Crippen LogP contribution in [0.5, 0.6) is 11.5 Å². The van der Waals surface area contributed by atoms with Gasteiger partial charge < -0.3 is 25.1 Å². The van der Waals surface area contributed by atoms with Crippen LogP contribution in [-0.4, -0.2) is 43.5 Å². The van der Waals surface area contributed by atoms with Crippen molar-refractivity contribution < 1.29 is 24.1 Å². The molecule has 20 heavy (non-hydrogen) atoms. The van der Waals surface area contributed by atoms with Crippen LogP contribution in [0.3, 0.4) is 0 Å². The minimum atomic E-state index is -0.934. The van der Waals surface area contributed by atoms with E-state index < -0.39 is 11.5 Å². The molecule has 1 aromatic carbocycles. The van der Waals surface area contributed by atoms with Crippen LogP contribution in [0.2, 0.25) is 0 Å². The topological polar surface area (TPSA) is 91.0 Å². The first-order chi connectivity index (χ1) is 9.54. The summed E-state index contributed by atoms with van der Waals surface area (Å²) in [5.41, 5.74) is 4.64. The average molecular weight is 281 g/mol. The number of nitrogens with two attached hydrogens (primary N) is 1. The molecule has 2 rings (SSSR count). The molecule has 0 saturated carbocycles. The number of rotatable bonds is 5. The second kappa shape index (κ2) is 6.11. The summed E-state index contributed by atoms with van der Waals surface area (Å²) in [6, 6.07) is 4.77. The first kappa shape index (κ1) is 14.6. The lowest BCUT2D eigenvalue weighted by atomic mass is 9.96. The van der Waals surface area contributed by atoms with Crippen molar-refractivity contribution >= 4 is 5.91 Å². The van der Waals surface area contributed by atoms with E-state index in [2.05, 4.69) is 0 Å². The molecule has 0 unspecified atom stereocenters. The normalized spacial score (nSPS) is 17.5. The molecule has 0 atom stereocenters. The van der Waals surface area contributed by atoms with Crippen LogP contribution < -0.4 is 15.2 Å². The first-order valence-electron chi connectivity index (χ1n) is 6.45. The number of aliphatic hydroxyl groups is 1. The summed E-state index contributed by atoms with van der Waals surface area (Å²) in [5, 5.41) is 10.3. The standard InChI is InChI=1S/C14H19NO5/c1-18-10-2-3-11(13(15)16)12(8-10)20-9-14(17)4-6-19-7-5-14/h2-3,8,17H,4-7,9H2,1H3,(H2,15,16). The van der Waals surface area contributed by atoms with E-state index in [4.69, 9.17) is 19.9 Å². The number of carbonyl (C=O) groups excluding carboxylic acids is 1. The van der Waals surface area contributed by atoms with E-state index in [0.717, 1.165) is 0 Å².